The largest absolute Gasteiger partial charge is 0.556 e. The van der Waals surface area contributed by atoms with E-state index in [0.29, 0.717) is 5.70 Å². The van der Waals surface area contributed by atoms with Crippen LogP contribution in [0, 0.1) is 12.8 Å². The van der Waals surface area contributed by atoms with Crippen LogP contribution < -0.4 is 5.32 Å². The molecule has 0 saturated carbocycles. The molecule has 0 spiro atoms. The van der Waals surface area contributed by atoms with Crippen molar-refractivity contribution in [1.29, 1.82) is 0 Å². The van der Waals surface area contributed by atoms with Crippen molar-refractivity contribution in [3.8, 4) is 0 Å². The van der Waals surface area contributed by atoms with Crippen LogP contribution in [0.3, 0.4) is 0 Å². The van der Waals surface area contributed by atoms with Crippen LogP contribution in [0.25, 0.3) is 5.70 Å². The zero-order chi connectivity index (χ0) is 8.10. The molecule has 0 heterocycles. The van der Waals surface area contributed by atoms with Crippen LogP contribution in [0.15, 0.2) is 36.9 Å². The van der Waals surface area contributed by atoms with E-state index in [-0.39, 0.29) is 32.7 Å². The molecule has 0 aliphatic heterocycles. The molecule has 12 heavy (non-hydrogen) atoms. The Kier molecular flexibility index (Phi) is 5.95. The minimum Gasteiger partial charge on any atom is -0.556 e. The Bertz CT molecular complexity index is 254. The Morgan fingerprint density at radius 2 is 1.92 bits per heavy atom. The first kappa shape index (κ1) is 11.6. The molecule has 1 radical (unpaired) electrons. The molecular formula is C10H9NY-2. The Morgan fingerprint density at radius 3 is 2.42 bits per heavy atom. The molecule has 0 fully saturated rings. The fraction of sp³-hybridized carbons (Fsp3) is 0. The molecule has 0 amide bonds. The molecular weight excluding hydrogens is 223 g/mol. The van der Waals surface area contributed by atoms with Gasteiger partial charge in [-0.05, 0) is 0 Å². The average Bonchev–Trinajstić information content (AvgIpc) is 2.07. The van der Waals surface area contributed by atoms with Gasteiger partial charge < -0.3 is 11.9 Å². The van der Waals surface area contributed by atoms with E-state index in [1.807, 2.05) is 30.3 Å². The van der Waals surface area contributed by atoms with Crippen LogP contribution in [0.2, 0.25) is 0 Å². The topological polar surface area (TPSA) is 12.0 Å². The standard InChI is InChI=1S/C10H9N.Y/c1-3-11-9(2)10-7-5-4-6-8-10;/h2,4-8,11H,1H2;/q-2;. The van der Waals surface area contributed by atoms with Gasteiger partial charge in [0.15, 0.2) is 0 Å². The van der Waals surface area contributed by atoms with Crippen LogP contribution in [0.4, 0.5) is 0 Å². The summed E-state index contributed by atoms with van der Waals surface area (Å²) in [4.78, 5) is 0. The minimum atomic E-state index is 0. The summed E-state index contributed by atoms with van der Waals surface area (Å²) < 4.78 is 0. The number of rotatable bonds is 3. The summed E-state index contributed by atoms with van der Waals surface area (Å²) in [7, 11) is 0. The number of hydrogen-bond donors (Lipinski definition) is 1. The zero-order valence-corrected chi connectivity index (χ0v) is 9.59. The van der Waals surface area contributed by atoms with Crippen molar-refractivity contribution < 1.29 is 32.7 Å². The molecule has 1 nitrogen and oxygen atoms in total. The van der Waals surface area contributed by atoms with Gasteiger partial charge in [0.2, 0.25) is 0 Å². The summed E-state index contributed by atoms with van der Waals surface area (Å²) >= 11 is 0. The second-order valence-electron chi connectivity index (χ2n) is 2.08. The van der Waals surface area contributed by atoms with Crippen molar-refractivity contribution in [2.24, 2.45) is 0 Å². The van der Waals surface area contributed by atoms with E-state index in [1.54, 1.807) is 0 Å². The van der Waals surface area contributed by atoms with Crippen LogP contribution >= 0.6 is 0 Å². The molecule has 59 valence electrons. The number of benzene rings is 1. The maximum Gasteiger partial charge on any atom is 0 e. The molecule has 0 aromatic heterocycles. The van der Waals surface area contributed by atoms with Crippen molar-refractivity contribution in [2.75, 3.05) is 0 Å². The fourth-order valence-electron chi connectivity index (χ4n) is 0.785. The Labute approximate surface area is 98.4 Å². The number of nitrogens with one attached hydrogen (secondary N) is 1. The second kappa shape index (κ2) is 6.16. The normalized spacial score (nSPS) is 8.00. The summed E-state index contributed by atoms with van der Waals surface area (Å²) in [5, 5.41) is 2.70. The van der Waals surface area contributed by atoms with E-state index >= 15 is 0 Å². The molecule has 0 aliphatic rings. The predicted octanol–water partition coefficient (Wildman–Crippen LogP) is 1.99. The average molecular weight is 232 g/mol. The summed E-state index contributed by atoms with van der Waals surface area (Å²) in [5.74, 6) is 0. The first-order valence-corrected chi connectivity index (χ1v) is 3.30. The Morgan fingerprint density at radius 1 is 1.33 bits per heavy atom. The van der Waals surface area contributed by atoms with E-state index in [4.69, 9.17) is 6.58 Å². The van der Waals surface area contributed by atoms with Gasteiger partial charge in [0.1, 0.15) is 0 Å². The van der Waals surface area contributed by atoms with Crippen LogP contribution in [-0.4, -0.2) is 0 Å². The first-order valence-electron chi connectivity index (χ1n) is 3.30. The number of hydrogen-bond acceptors (Lipinski definition) is 1. The van der Waals surface area contributed by atoms with E-state index < -0.39 is 0 Å². The van der Waals surface area contributed by atoms with Gasteiger partial charge in [-0.15, -0.1) is 0 Å². The summed E-state index contributed by atoms with van der Waals surface area (Å²) in [6.07, 6.45) is 2.50. The van der Waals surface area contributed by atoms with Crippen LogP contribution in [-0.2, 0) is 32.7 Å². The van der Waals surface area contributed by atoms with E-state index in [2.05, 4.69) is 18.1 Å². The van der Waals surface area contributed by atoms with Gasteiger partial charge in [0.25, 0.3) is 0 Å². The zero-order valence-electron chi connectivity index (χ0n) is 6.75. The van der Waals surface area contributed by atoms with E-state index in [9.17, 15) is 0 Å². The van der Waals surface area contributed by atoms with Gasteiger partial charge in [-0.3, -0.25) is 5.70 Å². The van der Waals surface area contributed by atoms with Gasteiger partial charge in [-0.2, -0.15) is 24.9 Å². The van der Waals surface area contributed by atoms with Crippen molar-refractivity contribution in [2.45, 2.75) is 0 Å². The van der Waals surface area contributed by atoms with Crippen LogP contribution in [0.1, 0.15) is 5.56 Å². The monoisotopic (exact) mass is 232 g/mol. The smallest absolute Gasteiger partial charge is 0 e. The van der Waals surface area contributed by atoms with E-state index in [0.717, 1.165) is 5.56 Å². The van der Waals surface area contributed by atoms with Crippen LogP contribution in [0.5, 0.6) is 0 Å². The summed E-state index contributed by atoms with van der Waals surface area (Å²) in [6, 6.07) is 9.62. The molecule has 0 bridgehead atoms. The molecule has 1 aromatic rings. The third-order valence-corrected chi connectivity index (χ3v) is 1.31. The molecule has 1 rings (SSSR count). The van der Waals surface area contributed by atoms with Gasteiger partial charge in [0, 0.05) is 32.7 Å². The maximum atomic E-state index is 5.61. The van der Waals surface area contributed by atoms with Gasteiger partial charge in [-0.25, -0.2) is 5.56 Å². The van der Waals surface area contributed by atoms with Crippen molar-refractivity contribution in [3.05, 3.63) is 55.3 Å². The predicted molar refractivity (Wildman–Crippen MR) is 46.2 cm³/mol. The van der Waals surface area contributed by atoms with Crippen molar-refractivity contribution >= 4 is 5.70 Å². The molecule has 0 unspecified atom stereocenters. The molecule has 0 aliphatic carbocycles. The molecule has 1 aromatic carbocycles. The second-order valence-corrected chi connectivity index (χ2v) is 2.08. The van der Waals surface area contributed by atoms with Crippen molar-refractivity contribution in [1.82, 2.24) is 5.32 Å². The third-order valence-electron chi connectivity index (χ3n) is 1.31. The van der Waals surface area contributed by atoms with Gasteiger partial charge in [0.05, 0.1) is 0 Å². The molecule has 1 N–H and O–H groups in total. The Hall–Kier alpha value is -0.396. The summed E-state index contributed by atoms with van der Waals surface area (Å²) in [6.45, 7) is 9.00. The Balaban J connectivity index is 0.00000121. The van der Waals surface area contributed by atoms with Gasteiger partial charge >= 0.3 is 0 Å². The SMILES string of the molecule is [CH-]=C(N[C-]=C)c1ccccc1.[Y]. The maximum absolute atomic E-state index is 5.61. The van der Waals surface area contributed by atoms with E-state index in [1.165, 1.54) is 0 Å². The first-order chi connectivity index (χ1) is 5.34. The minimum absolute atomic E-state index is 0. The third kappa shape index (κ3) is 3.33. The molecule has 0 saturated heterocycles. The molecule has 0 atom stereocenters. The quantitative estimate of drug-likeness (QED) is 0.620. The fourth-order valence-corrected chi connectivity index (χ4v) is 0.785. The van der Waals surface area contributed by atoms with Gasteiger partial charge in [-0.1, -0.05) is 18.2 Å². The summed E-state index contributed by atoms with van der Waals surface area (Å²) in [5.41, 5.74) is 1.52. The van der Waals surface area contributed by atoms with Crippen molar-refractivity contribution in [3.63, 3.8) is 0 Å². The molecule has 2 heteroatoms.